The molecule has 0 spiro atoms. The van der Waals surface area contributed by atoms with E-state index < -0.39 is 9.84 Å². The van der Waals surface area contributed by atoms with E-state index in [1.165, 1.54) is 17.7 Å². The molecule has 6 heteroatoms. The first-order valence-electron chi connectivity index (χ1n) is 5.05. The molecule has 90 valence electrons. The van der Waals surface area contributed by atoms with E-state index in [-0.39, 0.29) is 10.6 Å². The molecule has 0 atom stereocenters. The molecule has 0 bridgehead atoms. The molecule has 0 aliphatic carbocycles. The molecule has 0 saturated carbocycles. The van der Waals surface area contributed by atoms with E-state index in [4.69, 9.17) is 0 Å². The van der Waals surface area contributed by atoms with Crippen molar-refractivity contribution in [3.63, 3.8) is 0 Å². The molecule has 2 aromatic rings. The summed E-state index contributed by atoms with van der Waals surface area (Å²) in [6.07, 6.45) is 2.93. The normalized spacial score (nSPS) is 11.6. The summed E-state index contributed by atoms with van der Waals surface area (Å²) in [5, 5.41) is 0. The molecule has 2 heterocycles. The minimum Gasteiger partial charge on any atom is -0.263 e. The summed E-state index contributed by atoms with van der Waals surface area (Å²) >= 11 is 1.34. The van der Waals surface area contributed by atoms with Crippen molar-refractivity contribution in [3.8, 4) is 0 Å². The van der Waals surface area contributed by atoms with Gasteiger partial charge in [0.1, 0.15) is 0 Å². The monoisotopic (exact) mass is 268 g/mol. The van der Waals surface area contributed by atoms with Crippen LogP contribution in [0.3, 0.4) is 0 Å². The second kappa shape index (κ2) is 4.54. The Balaban J connectivity index is 2.37. The van der Waals surface area contributed by atoms with Crippen LogP contribution in [0.25, 0.3) is 0 Å². The van der Waals surface area contributed by atoms with Gasteiger partial charge in [0.15, 0.2) is 9.84 Å². The Kier molecular flexibility index (Phi) is 3.26. The Labute approximate surface area is 104 Å². The molecule has 0 fully saturated rings. The van der Waals surface area contributed by atoms with Gasteiger partial charge in [0, 0.05) is 22.8 Å². The predicted molar refractivity (Wildman–Crippen MR) is 66.7 cm³/mol. The Morgan fingerprint density at radius 3 is 2.65 bits per heavy atom. The van der Waals surface area contributed by atoms with Crippen LogP contribution in [0.15, 0.2) is 29.4 Å². The molecule has 4 nitrogen and oxygen atoms in total. The van der Waals surface area contributed by atoms with E-state index in [1.54, 1.807) is 18.3 Å². The summed E-state index contributed by atoms with van der Waals surface area (Å²) in [5.41, 5.74) is 1.60. The Morgan fingerprint density at radius 2 is 2.12 bits per heavy atom. The van der Waals surface area contributed by atoms with Crippen molar-refractivity contribution in [2.75, 3.05) is 0 Å². The highest BCUT2D eigenvalue weighted by Gasteiger charge is 2.19. The average molecular weight is 268 g/mol. The molecular formula is C11H12N2O2S2. The lowest BCUT2D eigenvalue weighted by Gasteiger charge is -2.04. The molecule has 0 aliphatic rings. The first-order valence-corrected chi connectivity index (χ1v) is 7.48. The lowest BCUT2D eigenvalue weighted by atomic mass is 10.2. The van der Waals surface area contributed by atoms with Crippen molar-refractivity contribution < 1.29 is 8.42 Å². The second-order valence-corrected chi connectivity index (χ2v) is 6.72. The molecule has 0 N–H and O–H groups in total. The molecule has 17 heavy (non-hydrogen) atoms. The summed E-state index contributed by atoms with van der Waals surface area (Å²) in [6.45, 7) is 3.72. The van der Waals surface area contributed by atoms with E-state index in [2.05, 4.69) is 9.36 Å². The van der Waals surface area contributed by atoms with Gasteiger partial charge in [0.2, 0.25) is 0 Å². The maximum atomic E-state index is 12.1. The van der Waals surface area contributed by atoms with Gasteiger partial charge in [0.25, 0.3) is 0 Å². The Morgan fingerprint density at radius 1 is 1.35 bits per heavy atom. The van der Waals surface area contributed by atoms with Gasteiger partial charge < -0.3 is 0 Å². The highest BCUT2D eigenvalue weighted by Crippen LogP contribution is 2.22. The highest BCUT2D eigenvalue weighted by atomic mass is 32.2. The van der Waals surface area contributed by atoms with Crippen LogP contribution in [0.2, 0.25) is 0 Å². The van der Waals surface area contributed by atoms with Crippen LogP contribution in [-0.4, -0.2) is 17.8 Å². The molecule has 2 aromatic heterocycles. The summed E-state index contributed by atoms with van der Waals surface area (Å²) in [5.74, 6) is -0.00708. The van der Waals surface area contributed by atoms with E-state index in [0.717, 1.165) is 16.1 Å². The minimum absolute atomic E-state index is 0.00708. The number of hydrogen-bond donors (Lipinski definition) is 0. The molecule has 0 radical (unpaired) electrons. The second-order valence-electron chi connectivity index (χ2n) is 3.75. The molecular weight excluding hydrogens is 256 g/mol. The molecule has 0 amide bonds. The number of sulfone groups is 1. The number of hydrogen-bond acceptors (Lipinski definition) is 5. The van der Waals surface area contributed by atoms with Crippen LogP contribution in [0.1, 0.15) is 16.1 Å². The van der Waals surface area contributed by atoms with Crippen molar-refractivity contribution in [1.82, 2.24) is 9.36 Å². The van der Waals surface area contributed by atoms with Gasteiger partial charge in [-0.2, -0.15) is 4.37 Å². The van der Waals surface area contributed by atoms with Crippen LogP contribution in [0.5, 0.6) is 0 Å². The fraction of sp³-hybridized carbons (Fsp3) is 0.273. The third-order valence-electron chi connectivity index (χ3n) is 2.51. The summed E-state index contributed by atoms with van der Waals surface area (Å²) in [6, 6.07) is 3.19. The van der Waals surface area contributed by atoms with Gasteiger partial charge in [-0.25, -0.2) is 8.42 Å². The number of pyridine rings is 1. The largest absolute Gasteiger partial charge is 0.263 e. The SMILES string of the molecule is Cc1nsc(C)c1CS(=O)(=O)c1cccnc1. The maximum Gasteiger partial charge on any atom is 0.184 e. The number of aryl methyl sites for hydroxylation is 2. The quantitative estimate of drug-likeness (QED) is 0.855. The Hall–Kier alpha value is -1.27. The first-order chi connectivity index (χ1) is 8.00. The fourth-order valence-electron chi connectivity index (χ4n) is 1.51. The van der Waals surface area contributed by atoms with Crippen LogP contribution in [0, 0.1) is 13.8 Å². The molecule has 2 rings (SSSR count). The summed E-state index contributed by atoms with van der Waals surface area (Å²) in [4.78, 5) is 5.04. The van der Waals surface area contributed by atoms with Gasteiger partial charge in [0.05, 0.1) is 16.3 Å². The summed E-state index contributed by atoms with van der Waals surface area (Å²) in [7, 11) is -3.32. The van der Waals surface area contributed by atoms with Gasteiger partial charge in [-0.15, -0.1) is 0 Å². The fourth-order valence-corrected chi connectivity index (χ4v) is 3.80. The van der Waals surface area contributed by atoms with Crippen LogP contribution in [0.4, 0.5) is 0 Å². The van der Waals surface area contributed by atoms with Crippen molar-refractivity contribution in [2.45, 2.75) is 24.5 Å². The topological polar surface area (TPSA) is 59.9 Å². The van der Waals surface area contributed by atoms with Gasteiger partial charge in [-0.3, -0.25) is 4.98 Å². The molecule has 0 aromatic carbocycles. The maximum absolute atomic E-state index is 12.1. The lowest BCUT2D eigenvalue weighted by Crippen LogP contribution is -2.06. The van der Waals surface area contributed by atoms with Crippen molar-refractivity contribution in [2.24, 2.45) is 0 Å². The predicted octanol–water partition coefficient (Wildman–Crippen LogP) is 2.13. The van der Waals surface area contributed by atoms with Gasteiger partial charge >= 0.3 is 0 Å². The molecule has 0 aliphatic heterocycles. The van der Waals surface area contributed by atoms with Crippen LogP contribution in [-0.2, 0) is 15.6 Å². The summed E-state index contributed by atoms with van der Waals surface area (Å²) < 4.78 is 28.4. The third kappa shape index (κ3) is 2.53. The van der Waals surface area contributed by atoms with Gasteiger partial charge in [-0.1, -0.05) is 0 Å². The van der Waals surface area contributed by atoms with E-state index in [1.807, 2.05) is 13.8 Å². The number of rotatable bonds is 3. The Bertz CT molecular complexity index is 599. The van der Waals surface area contributed by atoms with Crippen LogP contribution < -0.4 is 0 Å². The zero-order chi connectivity index (χ0) is 12.5. The van der Waals surface area contributed by atoms with E-state index in [0.29, 0.717) is 0 Å². The zero-order valence-corrected chi connectivity index (χ0v) is 11.2. The number of nitrogens with zero attached hydrogens (tertiary/aromatic N) is 2. The molecule has 0 unspecified atom stereocenters. The van der Waals surface area contributed by atoms with Gasteiger partial charge in [-0.05, 0) is 37.5 Å². The van der Waals surface area contributed by atoms with Crippen molar-refractivity contribution in [1.29, 1.82) is 0 Å². The average Bonchev–Trinajstić information content (AvgIpc) is 2.62. The van der Waals surface area contributed by atoms with Crippen LogP contribution >= 0.6 is 11.5 Å². The van der Waals surface area contributed by atoms with E-state index >= 15 is 0 Å². The zero-order valence-electron chi connectivity index (χ0n) is 9.54. The van der Waals surface area contributed by atoms with Crippen molar-refractivity contribution in [3.05, 3.63) is 40.7 Å². The first kappa shape index (κ1) is 12.2. The smallest absolute Gasteiger partial charge is 0.184 e. The highest BCUT2D eigenvalue weighted by molar-refractivity contribution is 7.90. The molecule has 0 saturated heterocycles. The number of aromatic nitrogens is 2. The van der Waals surface area contributed by atoms with E-state index in [9.17, 15) is 8.42 Å². The minimum atomic E-state index is -3.32. The van der Waals surface area contributed by atoms with Crippen molar-refractivity contribution >= 4 is 21.4 Å². The standard InChI is InChI=1S/C11H12N2O2S2/c1-8-11(9(2)16-13-8)7-17(14,15)10-4-3-5-12-6-10/h3-6H,7H2,1-2H3. The lowest BCUT2D eigenvalue weighted by molar-refractivity contribution is 0.594. The third-order valence-corrected chi connectivity index (χ3v) is 5.02.